The molecule has 10 heteroatoms. The molecule has 0 bridgehead atoms. The van der Waals surface area contributed by atoms with Crippen molar-refractivity contribution in [2.45, 2.75) is 61.8 Å². The standard InChI is InChI=1S/C31H39NO7S2/c1-7-11-27(23-38-41(35,36)29-20-16-25(3)17-21-29)32(40(33,34)28-18-14-24(2)15-19-28)22-30(39-31(4,5)37-6)26-12-9-8-10-13-26/h7-10,12-21,27,30H,1,11,22-23H2,2-6H3/t27-,30-/m0/s1. The number of hydrogen-bond donors (Lipinski definition) is 0. The van der Waals surface area contributed by atoms with Gasteiger partial charge in [0.1, 0.15) is 0 Å². The third-order valence-corrected chi connectivity index (χ3v) is 9.86. The highest BCUT2D eigenvalue weighted by Gasteiger charge is 2.37. The number of methoxy groups -OCH3 is 1. The van der Waals surface area contributed by atoms with E-state index < -0.39 is 44.7 Å². The molecule has 0 heterocycles. The average Bonchev–Trinajstić information content (AvgIpc) is 2.94. The van der Waals surface area contributed by atoms with Crippen molar-refractivity contribution in [2.75, 3.05) is 20.3 Å². The zero-order chi connectivity index (χ0) is 30.3. The molecular weight excluding hydrogens is 562 g/mol. The normalized spacial score (nSPS) is 14.1. The van der Waals surface area contributed by atoms with Gasteiger partial charge in [-0.2, -0.15) is 12.7 Å². The van der Waals surface area contributed by atoms with Crippen molar-refractivity contribution in [1.29, 1.82) is 0 Å². The quantitative estimate of drug-likeness (QED) is 0.124. The molecule has 222 valence electrons. The second-order valence-corrected chi connectivity index (χ2v) is 13.7. The number of aryl methyl sites for hydroxylation is 2. The molecule has 41 heavy (non-hydrogen) atoms. The topological polar surface area (TPSA) is 99.2 Å². The Morgan fingerprint density at radius 2 is 1.39 bits per heavy atom. The average molecular weight is 602 g/mol. The minimum atomic E-state index is -4.16. The van der Waals surface area contributed by atoms with Gasteiger partial charge in [-0.15, -0.1) is 6.58 Å². The van der Waals surface area contributed by atoms with Crippen LogP contribution < -0.4 is 0 Å². The van der Waals surface area contributed by atoms with E-state index in [2.05, 4.69) is 6.58 Å². The molecule has 0 fully saturated rings. The zero-order valence-electron chi connectivity index (χ0n) is 24.2. The summed E-state index contributed by atoms with van der Waals surface area (Å²) in [5.74, 6) is -1.04. The van der Waals surface area contributed by atoms with E-state index in [1.165, 1.54) is 35.7 Å². The van der Waals surface area contributed by atoms with Gasteiger partial charge in [-0.1, -0.05) is 71.8 Å². The summed E-state index contributed by atoms with van der Waals surface area (Å²) in [6.07, 6.45) is 0.915. The molecule has 2 atom stereocenters. The highest BCUT2D eigenvalue weighted by atomic mass is 32.2. The van der Waals surface area contributed by atoms with Crippen molar-refractivity contribution in [3.05, 3.63) is 108 Å². The maximum absolute atomic E-state index is 14.2. The van der Waals surface area contributed by atoms with Crippen molar-refractivity contribution < 1.29 is 30.5 Å². The summed E-state index contributed by atoms with van der Waals surface area (Å²) in [6.45, 7) is 10.4. The molecule has 0 spiro atoms. The molecule has 0 saturated carbocycles. The van der Waals surface area contributed by atoms with Crippen molar-refractivity contribution in [1.82, 2.24) is 4.31 Å². The maximum atomic E-state index is 14.2. The second kappa shape index (κ2) is 13.9. The third kappa shape index (κ3) is 8.81. The Morgan fingerprint density at radius 1 is 0.854 bits per heavy atom. The summed E-state index contributed by atoms with van der Waals surface area (Å²) in [5, 5.41) is 0. The first-order valence-electron chi connectivity index (χ1n) is 13.2. The van der Waals surface area contributed by atoms with Crippen LogP contribution in [0.3, 0.4) is 0 Å². The molecule has 0 aliphatic rings. The monoisotopic (exact) mass is 601 g/mol. The zero-order valence-corrected chi connectivity index (χ0v) is 25.8. The van der Waals surface area contributed by atoms with Crippen LogP contribution in [0.15, 0.2) is 101 Å². The van der Waals surface area contributed by atoms with Gasteiger partial charge >= 0.3 is 0 Å². The number of rotatable bonds is 15. The van der Waals surface area contributed by atoms with Gasteiger partial charge < -0.3 is 9.47 Å². The molecule has 0 aliphatic heterocycles. The minimum absolute atomic E-state index is 0.0132. The molecular formula is C31H39NO7S2. The Kier molecular flexibility index (Phi) is 11.0. The predicted octanol–water partition coefficient (Wildman–Crippen LogP) is 5.78. The molecule has 3 aromatic carbocycles. The fourth-order valence-electron chi connectivity index (χ4n) is 4.12. The van der Waals surface area contributed by atoms with E-state index in [0.717, 1.165) is 16.7 Å². The largest absolute Gasteiger partial charge is 0.354 e. The number of nitrogens with zero attached hydrogens (tertiary/aromatic N) is 1. The van der Waals surface area contributed by atoms with Crippen LogP contribution in [0.25, 0.3) is 0 Å². The van der Waals surface area contributed by atoms with E-state index >= 15 is 0 Å². The molecule has 3 rings (SSSR count). The fraction of sp³-hybridized carbons (Fsp3) is 0.355. The lowest BCUT2D eigenvalue weighted by Gasteiger charge is -2.36. The summed E-state index contributed by atoms with van der Waals surface area (Å²) in [7, 11) is -6.81. The minimum Gasteiger partial charge on any atom is -0.354 e. The molecule has 0 N–H and O–H groups in total. The van der Waals surface area contributed by atoms with Crippen LogP contribution in [0.1, 0.15) is 43.1 Å². The van der Waals surface area contributed by atoms with Crippen molar-refractivity contribution in [3.63, 3.8) is 0 Å². The van der Waals surface area contributed by atoms with Gasteiger partial charge in [0.2, 0.25) is 10.0 Å². The molecule has 0 amide bonds. The van der Waals surface area contributed by atoms with E-state index in [1.54, 1.807) is 44.2 Å². The number of ether oxygens (including phenoxy) is 2. The first-order chi connectivity index (χ1) is 19.3. The molecule has 0 saturated heterocycles. The highest BCUT2D eigenvalue weighted by Crippen LogP contribution is 2.30. The number of hydrogen-bond acceptors (Lipinski definition) is 7. The Labute approximate surface area is 244 Å². The van der Waals surface area contributed by atoms with Gasteiger partial charge in [0.15, 0.2) is 5.79 Å². The third-order valence-electron chi connectivity index (χ3n) is 6.63. The first kappa shape index (κ1) is 32.7. The van der Waals surface area contributed by atoms with E-state index in [0.29, 0.717) is 0 Å². The van der Waals surface area contributed by atoms with E-state index in [-0.39, 0.29) is 22.8 Å². The van der Waals surface area contributed by atoms with Gasteiger partial charge in [0.05, 0.1) is 28.5 Å². The van der Waals surface area contributed by atoms with Crippen LogP contribution in [0, 0.1) is 13.8 Å². The highest BCUT2D eigenvalue weighted by molar-refractivity contribution is 7.89. The SMILES string of the molecule is C=CC[C@@H](COS(=O)(=O)c1ccc(C)cc1)N(C[C@H](OC(C)(C)OC)c1ccccc1)S(=O)(=O)c1ccc(C)cc1. The number of sulfonamides is 1. The van der Waals surface area contributed by atoms with Crippen LogP contribution in [0.4, 0.5) is 0 Å². The van der Waals surface area contributed by atoms with E-state index in [4.69, 9.17) is 13.7 Å². The Balaban J connectivity index is 2.06. The van der Waals surface area contributed by atoms with Crippen LogP contribution in [-0.2, 0) is 33.8 Å². The predicted molar refractivity (Wildman–Crippen MR) is 159 cm³/mol. The van der Waals surface area contributed by atoms with E-state index in [1.807, 2.05) is 44.2 Å². The van der Waals surface area contributed by atoms with Crippen molar-refractivity contribution in [3.8, 4) is 0 Å². The summed E-state index contributed by atoms with van der Waals surface area (Å²) < 4.78 is 73.0. The Hall–Kier alpha value is -2.86. The Bertz CT molecular complexity index is 1490. The second-order valence-electron chi connectivity index (χ2n) is 10.2. The van der Waals surface area contributed by atoms with Crippen LogP contribution in [0.2, 0.25) is 0 Å². The lowest BCUT2D eigenvalue weighted by atomic mass is 10.1. The van der Waals surface area contributed by atoms with Crippen molar-refractivity contribution in [2.24, 2.45) is 0 Å². The lowest BCUT2D eigenvalue weighted by molar-refractivity contribution is -0.227. The summed E-state index contributed by atoms with van der Waals surface area (Å²) >= 11 is 0. The molecule has 0 aromatic heterocycles. The van der Waals surface area contributed by atoms with E-state index in [9.17, 15) is 16.8 Å². The molecule has 3 aromatic rings. The summed E-state index contributed by atoms with van der Waals surface area (Å²) in [4.78, 5) is 0.0529. The van der Waals surface area contributed by atoms with Crippen LogP contribution >= 0.6 is 0 Å². The van der Waals surface area contributed by atoms with Gasteiger partial charge in [-0.3, -0.25) is 4.18 Å². The molecule has 0 aliphatic carbocycles. The summed E-state index contributed by atoms with van der Waals surface area (Å²) in [6, 6.07) is 21.0. The fourth-order valence-corrected chi connectivity index (χ4v) is 6.69. The molecule has 0 radical (unpaired) electrons. The smallest absolute Gasteiger partial charge is 0.297 e. The molecule has 0 unspecified atom stereocenters. The van der Waals surface area contributed by atoms with Gasteiger partial charge in [0.25, 0.3) is 10.1 Å². The lowest BCUT2D eigenvalue weighted by Crippen LogP contribution is -2.46. The van der Waals surface area contributed by atoms with Crippen LogP contribution in [0.5, 0.6) is 0 Å². The number of benzene rings is 3. The first-order valence-corrected chi connectivity index (χ1v) is 16.1. The van der Waals surface area contributed by atoms with Gasteiger partial charge in [-0.25, -0.2) is 8.42 Å². The van der Waals surface area contributed by atoms with Gasteiger partial charge in [-0.05, 0) is 63.9 Å². The summed E-state index contributed by atoms with van der Waals surface area (Å²) in [5.41, 5.74) is 2.53. The van der Waals surface area contributed by atoms with Crippen LogP contribution in [-0.4, -0.2) is 53.2 Å². The van der Waals surface area contributed by atoms with Gasteiger partial charge in [0, 0.05) is 13.7 Å². The Morgan fingerprint density at radius 3 is 1.90 bits per heavy atom. The molecule has 8 nitrogen and oxygen atoms in total. The maximum Gasteiger partial charge on any atom is 0.297 e. The van der Waals surface area contributed by atoms with Crippen molar-refractivity contribution >= 4 is 20.1 Å².